The van der Waals surface area contributed by atoms with Crippen molar-refractivity contribution in [2.24, 2.45) is 11.5 Å². The van der Waals surface area contributed by atoms with Gasteiger partial charge < -0.3 is 11.5 Å². The van der Waals surface area contributed by atoms with Gasteiger partial charge in [-0.15, -0.1) is 0 Å². The number of hydrogen-bond donors (Lipinski definition) is 2. The number of unbranched alkanes of at least 4 members (excludes halogenated alkanes) is 2. The Kier molecular flexibility index (Phi) is 4.37. The zero-order chi connectivity index (χ0) is 7.98. The van der Waals surface area contributed by atoms with Crippen LogP contribution in [0.25, 0.3) is 0 Å². The molecule has 0 aromatic carbocycles. The van der Waals surface area contributed by atoms with Crippen LogP contribution in [0.4, 0.5) is 0 Å². The molecule has 0 saturated carbocycles. The van der Waals surface area contributed by atoms with Crippen LogP contribution in [0.3, 0.4) is 0 Å². The van der Waals surface area contributed by atoms with Gasteiger partial charge in [0.05, 0.1) is 5.70 Å². The molecule has 4 N–H and O–H groups in total. The summed E-state index contributed by atoms with van der Waals surface area (Å²) < 4.78 is 0. The van der Waals surface area contributed by atoms with Crippen molar-refractivity contribution in [2.45, 2.75) is 26.2 Å². The van der Waals surface area contributed by atoms with Crippen molar-refractivity contribution in [1.82, 2.24) is 0 Å². The number of carbonyl (C=O) groups is 1. The summed E-state index contributed by atoms with van der Waals surface area (Å²) in [6, 6.07) is 0. The molecule has 0 radical (unpaired) electrons. The van der Waals surface area contributed by atoms with Crippen LogP contribution >= 0.6 is 0 Å². The molecule has 0 unspecified atom stereocenters. The summed E-state index contributed by atoms with van der Waals surface area (Å²) in [5.74, 6) is -0.531. The van der Waals surface area contributed by atoms with Crippen molar-refractivity contribution in [3.63, 3.8) is 0 Å². The Morgan fingerprint density at radius 2 is 2.10 bits per heavy atom. The van der Waals surface area contributed by atoms with Gasteiger partial charge in [0.15, 0.2) is 0 Å². The maximum Gasteiger partial charge on any atom is 0.264 e. The fourth-order valence-electron chi connectivity index (χ4n) is 0.562. The molecule has 0 fully saturated rings. The molecule has 10 heavy (non-hydrogen) atoms. The summed E-state index contributed by atoms with van der Waals surface area (Å²) in [6.45, 7) is 2.08. The standard InChI is InChI=1S/C7H14N2O/c1-2-3-4-5-6(8)7(9)10/h5H,2-4,8H2,1H3,(H2,9,10). The van der Waals surface area contributed by atoms with E-state index >= 15 is 0 Å². The second-order valence-electron chi connectivity index (χ2n) is 2.17. The van der Waals surface area contributed by atoms with E-state index in [1.807, 2.05) is 0 Å². The Morgan fingerprint density at radius 3 is 2.50 bits per heavy atom. The minimum atomic E-state index is -0.531. The van der Waals surface area contributed by atoms with Gasteiger partial charge in [0.25, 0.3) is 5.91 Å². The van der Waals surface area contributed by atoms with Gasteiger partial charge in [-0.3, -0.25) is 4.79 Å². The smallest absolute Gasteiger partial charge is 0.264 e. The van der Waals surface area contributed by atoms with Gasteiger partial charge in [0.1, 0.15) is 0 Å². The fourth-order valence-corrected chi connectivity index (χ4v) is 0.562. The zero-order valence-corrected chi connectivity index (χ0v) is 6.26. The first kappa shape index (κ1) is 9.01. The number of allylic oxidation sites excluding steroid dienone is 1. The molecule has 0 heterocycles. The van der Waals surface area contributed by atoms with E-state index in [-0.39, 0.29) is 5.70 Å². The minimum absolute atomic E-state index is 0.174. The molecule has 3 heteroatoms. The first-order valence-electron chi connectivity index (χ1n) is 3.44. The molecule has 0 aromatic rings. The van der Waals surface area contributed by atoms with E-state index in [1.165, 1.54) is 0 Å². The Labute approximate surface area is 61.1 Å². The Balaban J connectivity index is 3.58. The van der Waals surface area contributed by atoms with E-state index in [9.17, 15) is 4.79 Å². The second kappa shape index (κ2) is 4.85. The number of amides is 1. The lowest BCUT2D eigenvalue weighted by Gasteiger charge is -1.93. The molecular weight excluding hydrogens is 128 g/mol. The van der Waals surface area contributed by atoms with Crippen molar-refractivity contribution in [2.75, 3.05) is 0 Å². The lowest BCUT2D eigenvalue weighted by Crippen LogP contribution is -2.19. The van der Waals surface area contributed by atoms with Crippen LogP contribution in [-0.2, 0) is 4.79 Å². The van der Waals surface area contributed by atoms with E-state index in [0.717, 1.165) is 19.3 Å². The monoisotopic (exact) mass is 142 g/mol. The third-order valence-corrected chi connectivity index (χ3v) is 1.21. The Hall–Kier alpha value is -0.990. The van der Waals surface area contributed by atoms with Crippen molar-refractivity contribution >= 4 is 5.91 Å². The third-order valence-electron chi connectivity index (χ3n) is 1.21. The molecule has 0 bridgehead atoms. The summed E-state index contributed by atoms with van der Waals surface area (Å²) in [6.07, 6.45) is 4.66. The molecule has 0 aliphatic rings. The Bertz CT molecular complexity index is 141. The predicted octanol–water partition coefficient (Wildman–Crippen LogP) is 0.505. The highest BCUT2D eigenvalue weighted by molar-refractivity contribution is 5.90. The molecule has 0 spiro atoms. The van der Waals surface area contributed by atoms with Crippen molar-refractivity contribution < 1.29 is 4.79 Å². The quantitative estimate of drug-likeness (QED) is 0.443. The third kappa shape index (κ3) is 3.95. The van der Waals surface area contributed by atoms with Gasteiger partial charge in [0.2, 0.25) is 0 Å². The number of hydrogen-bond acceptors (Lipinski definition) is 2. The van der Waals surface area contributed by atoms with Gasteiger partial charge in [-0.1, -0.05) is 19.4 Å². The highest BCUT2D eigenvalue weighted by atomic mass is 16.1. The van der Waals surface area contributed by atoms with E-state index < -0.39 is 5.91 Å². The molecule has 0 atom stereocenters. The average Bonchev–Trinajstić information content (AvgIpc) is 1.88. The van der Waals surface area contributed by atoms with Crippen molar-refractivity contribution in [3.8, 4) is 0 Å². The van der Waals surface area contributed by atoms with E-state index in [1.54, 1.807) is 6.08 Å². The van der Waals surface area contributed by atoms with E-state index in [4.69, 9.17) is 11.5 Å². The summed E-state index contributed by atoms with van der Waals surface area (Å²) >= 11 is 0. The molecule has 0 aliphatic carbocycles. The molecule has 0 rings (SSSR count). The topological polar surface area (TPSA) is 69.1 Å². The van der Waals surface area contributed by atoms with Gasteiger partial charge in [-0.05, 0) is 12.8 Å². The Morgan fingerprint density at radius 1 is 1.50 bits per heavy atom. The molecule has 0 saturated heterocycles. The highest BCUT2D eigenvalue weighted by Gasteiger charge is 1.94. The van der Waals surface area contributed by atoms with Crippen LogP contribution in [0, 0.1) is 0 Å². The largest absolute Gasteiger partial charge is 0.395 e. The van der Waals surface area contributed by atoms with Crippen LogP contribution < -0.4 is 11.5 Å². The van der Waals surface area contributed by atoms with E-state index in [0.29, 0.717) is 0 Å². The zero-order valence-electron chi connectivity index (χ0n) is 6.26. The van der Waals surface area contributed by atoms with Gasteiger partial charge in [-0.2, -0.15) is 0 Å². The molecular formula is C7H14N2O. The molecule has 3 nitrogen and oxygen atoms in total. The number of carbonyl (C=O) groups excluding carboxylic acids is 1. The molecule has 1 amide bonds. The predicted molar refractivity (Wildman–Crippen MR) is 41.0 cm³/mol. The molecule has 0 aromatic heterocycles. The highest BCUT2D eigenvalue weighted by Crippen LogP contribution is 1.96. The molecule has 0 aliphatic heterocycles. The minimum Gasteiger partial charge on any atom is -0.395 e. The maximum absolute atomic E-state index is 10.3. The van der Waals surface area contributed by atoms with Crippen LogP contribution in [0.1, 0.15) is 26.2 Å². The van der Waals surface area contributed by atoms with Gasteiger partial charge >= 0.3 is 0 Å². The summed E-state index contributed by atoms with van der Waals surface area (Å²) in [7, 11) is 0. The number of primary amides is 1. The van der Waals surface area contributed by atoms with Crippen LogP contribution in [-0.4, -0.2) is 5.91 Å². The lowest BCUT2D eigenvalue weighted by molar-refractivity contribution is -0.114. The first-order valence-corrected chi connectivity index (χ1v) is 3.44. The fraction of sp³-hybridized carbons (Fsp3) is 0.571. The average molecular weight is 142 g/mol. The lowest BCUT2D eigenvalue weighted by atomic mass is 10.2. The SMILES string of the molecule is CCCCC=C(N)C(N)=O. The molecule has 58 valence electrons. The van der Waals surface area contributed by atoms with Crippen LogP contribution in [0.15, 0.2) is 11.8 Å². The van der Waals surface area contributed by atoms with Gasteiger partial charge in [-0.25, -0.2) is 0 Å². The number of nitrogens with two attached hydrogens (primary N) is 2. The second-order valence-corrected chi connectivity index (χ2v) is 2.17. The van der Waals surface area contributed by atoms with E-state index in [2.05, 4.69) is 6.92 Å². The van der Waals surface area contributed by atoms with Crippen molar-refractivity contribution in [1.29, 1.82) is 0 Å². The summed E-state index contributed by atoms with van der Waals surface area (Å²) in [4.78, 5) is 10.3. The number of rotatable bonds is 4. The maximum atomic E-state index is 10.3. The summed E-state index contributed by atoms with van der Waals surface area (Å²) in [5.41, 5.74) is 10.3. The summed E-state index contributed by atoms with van der Waals surface area (Å²) in [5, 5.41) is 0. The van der Waals surface area contributed by atoms with Gasteiger partial charge in [0, 0.05) is 0 Å². The van der Waals surface area contributed by atoms with Crippen molar-refractivity contribution in [3.05, 3.63) is 11.8 Å². The van der Waals surface area contributed by atoms with Crippen LogP contribution in [0.2, 0.25) is 0 Å². The normalized spacial score (nSPS) is 11.5. The van der Waals surface area contributed by atoms with Crippen LogP contribution in [0.5, 0.6) is 0 Å². The first-order chi connectivity index (χ1) is 4.68.